The summed E-state index contributed by atoms with van der Waals surface area (Å²) in [7, 11) is 0. The minimum absolute atomic E-state index is 0.0274. The number of thioether (sulfide) groups is 1. The number of thiazole rings is 1. The molecule has 19 heavy (non-hydrogen) atoms. The third kappa shape index (κ3) is 3.01. The van der Waals surface area contributed by atoms with Gasteiger partial charge in [-0.25, -0.2) is 9.78 Å². The summed E-state index contributed by atoms with van der Waals surface area (Å²) in [6.45, 7) is 2.20. The highest BCUT2D eigenvalue weighted by Gasteiger charge is 2.16. The molecule has 1 aliphatic rings. The second-order valence-electron chi connectivity index (χ2n) is 4.33. The van der Waals surface area contributed by atoms with Crippen molar-refractivity contribution in [1.29, 1.82) is 0 Å². The lowest BCUT2D eigenvalue weighted by molar-refractivity contribution is 0.202. The van der Waals surface area contributed by atoms with Crippen molar-refractivity contribution in [1.82, 2.24) is 15.2 Å². The monoisotopic (exact) mass is 293 g/mol. The van der Waals surface area contributed by atoms with Gasteiger partial charge in [-0.1, -0.05) is 12.1 Å². The molecule has 0 radical (unpaired) electrons. The highest BCUT2D eigenvalue weighted by molar-refractivity contribution is 7.99. The molecule has 6 heteroatoms. The van der Waals surface area contributed by atoms with Gasteiger partial charge in [-0.3, -0.25) is 0 Å². The third-order valence-corrected chi connectivity index (χ3v) is 5.01. The molecule has 4 nitrogen and oxygen atoms in total. The Hall–Kier alpha value is -1.27. The van der Waals surface area contributed by atoms with Gasteiger partial charge in [0, 0.05) is 24.6 Å². The van der Waals surface area contributed by atoms with Gasteiger partial charge in [0.1, 0.15) is 5.01 Å². The van der Waals surface area contributed by atoms with Gasteiger partial charge in [0.05, 0.1) is 16.8 Å². The molecular formula is C13H15N3OS2. The normalized spacial score (nSPS) is 15.7. The van der Waals surface area contributed by atoms with Gasteiger partial charge in [-0.05, 0) is 12.1 Å². The standard InChI is InChI=1S/C13H15N3OS2/c17-13(16-5-7-18-8-6-16)14-9-12-15-10-3-1-2-4-11(10)19-12/h1-4H,5-9H2,(H,14,17). The zero-order chi connectivity index (χ0) is 13.1. The van der Waals surface area contributed by atoms with E-state index in [0.717, 1.165) is 35.1 Å². The van der Waals surface area contributed by atoms with E-state index in [-0.39, 0.29) is 6.03 Å². The number of para-hydroxylation sites is 1. The summed E-state index contributed by atoms with van der Waals surface area (Å²) in [4.78, 5) is 18.4. The van der Waals surface area contributed by atoms with Crippen LogP contribution in [-0.4, -0.2) is 40.5 Å². The lowest BCUT2D eigenvalue weighted by Crippen LogP contribution is -2.44. The maximum absolute atomic E-state index is 12.0. The van der Waals surface area contributed by atoms with Crippen molar-refractivity contribution in [3.05, 3.63) is 29.3 Å². The predicted octanol–water partition coefficient (Wildman–Crippen LogP) is 2.55. The highest BCUT2D eigenvalue weighted by atomic mass is 32.2. The van der Waals surface area contributed by atoms with E-state index >= 15 is 0 Å². The fourth-order valence-corrected chi connectivity index (χ4v) is 3.84. The fourth-order valence-electron chi connectivity index (χ4n) is 2.03. The Morgan fingerprint density at radius 1 is 1.32 bits per heavy atom. The minimum atomic E-state index is 0.0274. The first kappa shape index (κ1) is 12.7. The van der Waals surface area contributed by atoms with Crippen molar-refractivity contribution in [3.63, 3.8) is 0 Å². The second-order valence-corrected chi connectivity index (χ2v) is 6.67. The van der Waals surface area contributed by atoms with E-state index in [4.69, 9.17) is 0 Å². The molecule has 0 unspecified atom stereocenters. The van der Waals surface area contributed by atoms with Gasteiger partial charge < -0.3 is 10.2 Å². The number of rotatable bonds is 2. The van der Waals surface area contributed by atoms with E-state index in [0.29, 0.717) is 6.54 Å². The van der Waals surface area contributed by atoms with Crippen LogP contribution in [-0.2, 0) is 6.54 Å². The molecule has 0 aliphatic carbocycles. The number of aromatic nitrogens is 1. The van der Waals surface area contributed by atoms with Crippen LogP contribution < -0.4 is 5.32 Å². The average Bonchev–Trinajstić information content (AvgIpc) is 2.88. The van der Waals surface area contributed by atoms with E-state index in [1.807, 2.05) is 34.9 Å². The Labute approximate surface area is 120 Å². The summed E-state index contributed by atoms with van der Waals surface area (Å²) in [6, 6.07) is 8.07. The van der Waals surface area contributed by atoms with Gasteiger partial charge in [0.2, 0.25) is 0 Å². The first-order chi connectivity index (χ1) is 9.33. The Bertz CT molecular complexity index is 545. The quantitative estimate of drug-likeness (QED) is 0.925. The van der Waals surface area contributed by atoms with Crippen molar-refractivity contribution >= 4 is 39.3 Å². The smallest absolute Gasteiger partial charge is 0.317 e. The van der Waals surface area contributed by atoms with Crippen LogP contribution in [0.4, 0.5) is 4.79 Å². The molecule has 3 rings (SSSR count). The van der Waals surface area contributed by atoms with Crippen LogP contribution in [0.3, 0.4) is 0 Å². The number of hydrogen-bond acceptors (Lipinski definition) is 4. The average molecular weight is 293 g/mol. The first-order valence-corrected chi connectivity index (χ1v) is 8.25. The maximum Gasteiger partial charge on any atom is 0.317 e. The molecule has 1 aliphatic heterocycles. The Morgan fingerprint density at radius 2 is 2.11 bits per heavy atom. The van der Waals surface area contributed by atoms with Crippen molar-refractivity contribution in [2.45, 2.75) is 6.54 Å². The number of nitrogens with zero attached hydrogens (tertiary/aromatic N) is 2. The Kier molecular flexibility index (Phi) is 3.89. The summed E-state index contributed by atoms with van der Waals surface area (Å²) in [5.41, 5.74) is 1.01. The molecule has 0 atom stereocenters. The van der Waals surface area contributed by atoms with Crippen LogP contribution >= 0.6 is 23.1 Å². The summed E-state index contributed by atoms with van der Waals surface area (Å²) in [5, 5.41) is 3.91. The predicted molar refractivity (Wildman–Crippen MR) is 80.8 cm³/mol. The maximum atomic E-state index is 12.0. The summed E-state index contributed by atoms with van der Waals surface area (Å²) < 4.78 is 1.17. The molecular weight excluding hydrogens is 278 g/mol. The van der Waals surface area contributed by atoms with Crippen LogP contribution in [0.1, 0.15) is 5.01 Å². The zero-order valence-electron chi connectivity index (χ0n) is 10.5. The zero-order valence-corrected chi connectivity index (χ0v) is 12.1. The topological polar surface area (TPSA) is 45.2 Å². The molecule has 1 N–H and O–H groups in total. The molecule has 1 aromatic carbocycles. The number of amides is 2. The first-order valence-electron chi connectivity index (χ1n) is 6.28. The number of carbonyl (C=O) groups excluding carboxylic acids is 1. The van der Waals surface area contributed by atoms with Crippen molar-refractivity contribution < 1.29 is 4.79 Å². The molecule has 1 aromatic heterocycles. The third-order valence-electron chi connectivity index (χ3n) is 3.03. The Balaban J connectivity index is 1.60. The van der Waals surface area contributed by atoms with Crippen LogP contribution in [0.15, 0.2) is 24.3 Å². The van der Waals surface area contributed by atoms with Crippen molar-refractivity contribution in [2.24, 2.45) is 0 Å². The summed E-state index contributed by atoms with van der Waals surface area (Å²) >= 11 is 3.54. The van der Waals surface area contributed by atoms with Gasteiger partial charge in [-0.15, -0.1) is 11.3 Å². The number of urea groups is 1. The highest BCUT2D eigenvalue weighted by Crippen LogP contribution is 2.21. The van der Waals surface area contributed by atoms with E-state index in [2.05, 4.69) is 16.4 Å². The second kappa shape index (κ2) is 5.79. The Morgan fingerprint density at radius 3 is 2.89 bits per heavy atom. The molecule has 2 aromatic rings. The van der Waals surface area contributed by atoms with Gasteiger partial charge >= 0.3 is 6.03 Å². The number of nitrogens with one attached hydrogen (secondary N) is 1. The van der Waals surface area contributed by atoms with Crippen LogP contribution in [0.5, 0.6) is 0 Å². The largest absolute Gasteiger partial charge is 0.331 e. The van der Waals surface area contributed by atoms with Gasteiger partial charge in [-0.2, -0.15) is 11.8 Å². The SMILES string of the molecule is O=C(NCc1nc2ccccc2s1)N1CCSCC1. The number of fused-ring (bicyclic) bond motifs is 1. The summed E-state index contributed by atoms with van der Waals surface area (Å²) in [6.07, 6.45) is 0. The molecule has 100 valence electrons. The van der Waals surface area contributed by atoms with Crippen LogP contribution in [0, 0.1) is 0 Å². The summed E-state index contributed by atoms with van der Waals surface area (Å²) in [5.74, 6) is 2.07. The van der Waals surface area contributed by atoms with Gasteiger partial charge in [0.25, 0.3) is 0 Å². The van der Waals surface area contributed by atoms with Crippen LogP contribution in [0.2, 0.25) is 0 Å². The minimum Gasteiger partial charge on any atom is -0.331 e. The number of benzene rings is 1. The molecule has 2 heterocycles. The number of carbonyl (C=O) groups is 1. The molecule has 0 spiro atoms. The molecule has 1 saturated heterocycles. The lowest BCUT2D eigenvalue weighted by atomic mass is 10.3. The van der Waals surface area contributed by atoms with E-state index < -0.39 is 0 Å². The van der Waals surface area contributed by atoms with Crippen LogP contribution in [0.25, 0.3) is 10.2 Å². The van der Waals surface area contributed by atoms with Crippen molar-refractivity contribution in [3.8, 4) is 0 Å². The molecule has 2 amide bonds. The molecule has 0 saturated carbocycles. The fraction of sp³-hybridized carbons (Fsp3) is 0.385. The van der Waals surface area contributed by atoms with Crippen molar-refractivity contribution in [2.75, 3.05) is 24.6 Å². The van der Waals surface area contributed by atoms with E-state index in [1.165, 1.54) is 4.70 Å². The lowest BCUT2D eigenvalue weighted by Gasteiger charge is -2.26. The van der Waals surface area contributed by atoms with E-state index in [1.54, 1.807) is 11.3 Å². The molecule has 0 bridgehead atoms. The van der Waals surface area contributed by atoms with Gasteiger partial charge in [0.15, 0.2) is 0 Å². The van der Waals surface area contributed by atoms with E-state index in [9.17, 15) is 4.79 Å². The molecule has 1 fully saturated rings. The number of hydrogen-bond donors (Lipinski definition) is 1.